The summed E-state index contributed by atoms with van der Waals surface area (Å²) in [7, 11) is 0. The summed E-state index contributed by atoms with van der Waals surface area (Å²) in [6.45, 7) is 1.06. The highest BCUT2D eigenvalue weighted by Crippen LogP contribution is 2.40. The van der Waals surface area contributed by atoms with Crippen molar-refractivity contribution in [3.05, 3.63) is 29.6 Å². The molecule has 1 saturated heterocycles. The molecule has 0 aromatic heterocycles. The smallest absolute Gasteiger partial charge is 0.260 e. The van der Waals surface area contributed by atoms with Gasteiger partial charge in [0.15, 0.2) is 6.61 Å². The number of amides is 1. The molecule has 2 unspecified atom stereocenters. The predicted molar refractivity (Wildman–Crippen MR) is 95.6 cm³/mol. The molecule has 2 atom stereocenters. The van der Waals surface area contributed by atoms with Crippen LogP contribution in [0.1, 0.15) is 50.0 Å². The van der Waals surface area contributed by atoms with E-state index in [1.54, 1.807) is 17.0 Å². The molecular formula is C20H27FN2O3. The molecule has 5 rings (SSSR count). The normalized spacial score (nSPS) is 32.5. The highest BCUT2D eigenvalue weighted by atomic mass is 19.1. The van der Waals surface area contributed by atoms with E-state index >= 15 is 0 Å². The quantitative estimate of drug-likeness (QED) is 0.770. The maximum absolute atomic E-state index is 14.5. The number of nitrogens with zero attached hydrogens (tertiary/aromatic N) is 1. The van der Waals surface area contributed by atoms with Crippen LogP contribution < -0.4 is 10.5 Å². The molecule has 142 valence electrons. The van der Waals surface area contributed by atoms with Crippen LogP contribution in [0.25, 0.3) is 0 Å². The fourth-order valence-electron chi connectivity index (χ4n) is 4.62. The minimum absolute atomic E-state index is 0.0705. The van der Waals surface area contributed by atoms with E-state index in [2.05, 4.69) is 0 Å². The van der Waals surface area contributed by atoms with Gasteiger partial charge in [0.1, 0.15) is 11.6 Å². The highest BCUT2D eigenvalue weighted by molar-refractivity contribution is 5.78. The Morgan fingerprint density at radius 3 is 2.77 bits per heavy atom. The van der Waals surface area contributed by atoms with Gasteiger partial charge in [0, 0.05) is 18.2 Å². The largest absolute Gasteiger partial charge is 0.483 e. The zero-order valence-corrected chi connectivity index (χ0v) is 15.0. The Balaban J connectivity index is 1.64. The number of nitrogens with two attached hydrogens (primary N) is 1. The fraction of sp³-hybridized carbons (Fsp3) is 0.650. The van der Waals surface area contributed by atoms with Gasteiger partial charge in [-0.2, -0.15) is 0 Å². The summed E-state index contributed by atoms with van der Waals surface area (Å²) >= 11 is 0. The van der Waals surface area contributed by atoms with Crippen LogP contribution in [0.15, 0.2) is 18.2 Å². The first-order valence-corrected chi connectivity index (χ1v) is 9.71. The third-order valence-corrected chi connectivity index (χ3v) is 6.10. The van der Waals surface area contributed by atoms with E-state index in [1.165, 1.54) is 6.07 Å². The average molecular weight is 362 g/mol. The van der Waals surface area contributed by atoms with Gasteiger partial charge in [-0.15, -0.1) is 0 Å². The second-order valence-corrected chi connectivity index (χ2v) is 7.71. The van der Waals surface area contributed by atoms with Crippen molar-refractivity contribution in [3.8, 4) is 5.75 Å². The van der Waals surface area contributed by atoms with Gasteiger partial charge in [-0.25, -0.2) is 4.39 Å². The lowest BCUT2D eigenvalue weighted by Crippen LogP contribution is -2.57. The van der Waals surface area contributed by atoms with Crippen LogP contribution in [-0.2, 0) is 9.53 Å². The zero-order valence-electron chi connectivity index (χ0n) is 15.0. The van der Waals surface area contributed by atoms with Gasteiger partial charge in [-0.1, -0.05) is 6.07 Å². The van der Waals surface area contributed by atoms with Crippen molar-refractivity contribution in [1.29, 1.82) is 0 Å². The summed E-state index contributed by atoms with van der Waals surface area (Å²) in [5.74, 6) is 0.272. The average Bonchev–Trinajstić information content (AvgIpc) is 2.66. The van der Waals surface area contributed by atoms with Crippen molar-refractivity contribution in [2.45, 2.75) is 62.6 Å². The summed E-state index contributed by atoms with van der Waals surface area (Å²) in [4.78, 5) is 14.6. The predicted octanol–water partition coefficient (Wildman–Crippen LogP) is 2.58. The Bertz CT molecular complexity index is 660. The highest BCUT2D eigenvalue weighted by Gasteiger charge is 2.35. The topological polar surface area (TPSA) is 64.8 Å². The van der Waals surface area contributed by atoms with Crippen LogP contribution in [0.5, 0.6) is 5.75 Å². The lowest BCUT2D eigenvalue weighted by molar-refractivity contribution is -0.140. The maximum atomic E-state index is 14.5. The van der Waals surface area contributed by atoms with Crippen molar-refractivity contribution in [3.63, 3.8) is 0 Å². The van der Waals surface area contributed by atoms with E-state index in [0.717, 1.165) is 38.5 Å². The molecule has 1 amide bonds. The molecule has 3 heterocycles. The second-order valence-electron chi connectivity index (χ2n) is 7.71. The van der Waals surface area contributed by atoms with Crippen LogP contribution in [0.2, 0.25) is 0 Å². The van der Waals surface area contributed by atoms with E-state index < -0.39 is 0 Å². The molecule has 0 radical (unpaired) electrons. The molecule has 4 aliphatic rings. The lowest BCUT2D eigenvalue weighted by Gasteiger charge is -2.40. The maximum Gasteiger partial charge on any atom is 0.260 e. The van der Waals surface area contributed by atoms with Crippen LogP contribution in [0.3, 0.4) is 0 Å². The van der Waals surface area contributed by atoms with Crippen LogP contribution >= 0.6 is 0 Å². The number of benzene rings is 1. The number of rotatable bonds is 0. The molecule has 1 aromatic rings. The lowest BCUT2D eigenvalue weighted by atomic mass is 9.82. The molecule has 1 aromatic carbocycles. The van der Waals surface area contributed by atoms with Crippen molar-refractivity contribution < 1.29 is 18.7 Å². The summed E-state index contributed by atoms with van der Waals surface area (Å²) in [6, 6.07) is 4.72. The van der Waals surface area contributed by atoms with Gasteiger partial charge in [-0.05, 0) is 56.6 Å². The molecule has 0 spiro atoms. The number of fused-ring (bicyclic) bond motifs is 5. The molecule has 2 N–H and O–H groups in total. The summed E-state index contributed by atoms with van der Waals surface area (Å²) in [5.41, 5.74) is 6.91. The number of hydrogen-bond donors (Lipinski definition) is 1. The first-order chi connectivity index (χ1) is 12.6. The van der Waals surface area contributed by atoms with Gasteiger partial charge in [-0.3, -0.25) is 4.79 Å². The van der Waals surface area contributed by atoms with E-state index in [1.807, 2.05) is 0 Å². The van der Waals surface area contributed by atoms with E-state index in [0.29, 0.717) is 24.5 Å². The summed E-state index contributed by atoms with van der Waals surface area (Å²) in [5, 5.41) is 0. The zero-order chi connectivity index (χ0) is 18.1. The molecule has 3 aliphatic heterocycles. The van der Waals surface area contributed by atoms with Gasteiger partial charge in [0.05, 0.1) is 18.8 Å². The Hall–Kier alpha value is -1.66. The Morgan fingerprint density at radius 1 is 1.15 bits per heavy atom. The number of ether oxygens (including phenoxy) is 2. The number of halogens is 1. The Morgan fingerprint density at radius 2 is 1.96 bits per heavy atom. The van der Waals surface area contributed by atoms with E-state index in [-0.39, 0.29) is 42.4 Å². The molecule has 5 nitrogen and oxygen atoms in total. The minimum Gasteiger partial charge on any atom is -0.483 e. The molecular weight excluding hydrogens is 335 g/mol. The van der Waals surface area contributed by atoms with Gasteiger partial charge < -0.3 is 20.1 Å². The fourth-order valence-corrected chi connectivity index (χ4v) is 4.62. The Labute approximate surface area is 153 Å². The third-order valence-electron chi connectivity index (χ3n) is 6.10. The van der Waals surface area contributed by atoms with Crippen molar-refractivity contribution in [2.24, 2.45) is 5.73 Å². The second kappa shape index (κ2) is 7.53. The van der Waals surface area contributed by atoms with Crippen LogP contribution in [0, 0.1) is 5.82 Å². The molecule has 1 aliphatic carbocycles. The summed E-state index contributed by atoms with van der Waals surface area (Å²) in [6.07, 6.45) is 5.49. The standard InChI is InChI=1S/C20H27FN2O3/c21-15-3-1-5-18-20(15)13-6-8-14(9-7-13)25-11-17-16(22)4-2-10-23(17)19(24)12-26-18/h1,3,5,13-14,16-17H,2,4,6-12,22H2/t13-,14+,16?,17?. The van der Waals surface area contributed by atoms with Crippen LogP contribution in [-0.4, -0.2) is 48.8 Å². The number of piperidine rings is 1. The number of carbonyl (C=O) groups is 1. The van der Waals surface area contributed by atoms with Crippen molar-refractivity contribution in [2.75, 3.05) is 19.8 Å². The third kappa shape index (κ3) is 3.45. The number of carbonyl (C=O) groups excluding carboxylic acids is 1. The molecule has 6 heteroatoms. The molecule has 2 fully saturated rings. The van der Waals surface area contributed by atoms with Crippen molar-refractivity contribution in [1.82, 2.24) is 4.90 Å². The first-order valence-electron chi connectivity index (χ1n) is 9.71. The van der Waals surface area contributed by atoms with Gasteiger partial charge in [0.2, 0.25) is 0 Å². The number of hydrogen-bond acceptors (Lipinski definition) is 4. The van der Waals surface area contributed by atoms with Crippen molar-refractivity contribution >= 4 is 5.91 Å². The van der Waals surface area contributed by atoms with E-state index in [4.69, 9.17) is 15.2 Å². The first kappa shape index (κ1) is 17.7. The van der Waals surface area contributed by atoms with Gasteiger partial charge in [0.25, 0.3) is 5.91 Å². The molecule has 2 bridgehead atoms. The SMILES string of the molecule is NC1CCCN2C(=O)COc3cccc(F)c3[C@H]3CC[C@H](CC3)OCC12. The summed E-state index contributed by atoms with van der Waals surface area (Å²) < 4.78 is 26.5. The van der Waals surface area contributed by atoms with Crippen LogP contribution in [0.4, 0.5) is 4.39 Å². The minimum atomic E-state index is -0.243. The Kier molecular flexibility index (Phi) is 5.14. The molecule has 26 heavy (non-hydrogen) atoms. The van der Waals surface area contributed by atoms with Gasteiger partial charge >= 0.3 is 0 Å². The van der Waals surface area contributed by atoms with E-state index in [9.17, 15) is 9.18 Å². The monoisotopic (exact) mass is 362 g/mol. The molecule has 1 saturated carbocycles.